The van der Waals surface area contributed by atoms with Gasteiger partial charge in [-0.25, -0.2) is 0 Å². The van der Waals surface area contributed by atoms with Crippen LogP contribution >= 0.6 is 0 Å². The van der Waals surface area contributed by atoms with E-state index in [1.54, 1.807) is 4.90 Å². The monoisotopic (exact) mass is 526 g/mol. The summed E-state index contributed by atoms with van der Waals surface area (Å²) >= 11 is 0. The van der Waals surface area contributed by atoms with Crippen molar-refractivity contribution in [2.75, 3.05) is 5.32 Å². The van der Waals surface area contributed by atoms with Crippen LogP contribution in [0.3, 0.4) is 0 Å². The van der Waals surface area contributed by atoms with Crippen LogP contribution in [0.5, 0.6) is 0 Å². The molecule has 2 fully saturated rings. The number of allylic oxidation sites excluding steroid dienone is 1. The van der Waals surface area contributed by atoms with E-state index in [-0.39, 0.29) is 23.7 Å². The van der Waals surface area contributed by atoms with Gasteiger partial charge in [-0.05, 0) is 36.0 Å². The normalized spacial score (nSPS) is 25.9. The largest absolute Gasteiger partial charge is 0.381 e. The second kappa shape index (κ2) is 8.98. The summed E-state index contributed by atoms with van der Waals surface area (Å²) in [6, 6.07) is 12.6. The minimum atomic E-state index is -1.31. The number of aromatic amines is 1. The first-order valence-corrected chi connectivity index (χ1v) is 14.0. The van der Waals surface area contributed by atoms with Gasteiger partial charge in [0.2, 0.25) is 11.8 Å². The molecule has 1 aromatic heterocycles. The lowest BCUT2D eigenvalue weighted by atomic mass is 9.84. The van der Waals surface area contributed by atoms with Crippen LogP contribution in [0.15, 0.2) is 55.1 Å². The number of fused-ring (bicyclic) bond motifs is 6. The molecule has 0 radical (unpaired) electrons. The van der Waals surface area contributed by atoms with Crippen LogP contribution in [0.25, 0.3) is 10.9 Å². The molecule has 0 aliphatic carbocycles. The van der Waals surface area contributed by atoms with Crippen LogP contribution in [0.4, 0.5) is 5.69 Å². The molecule has 0 spiro atoms. The number of amides is 2. The fourth-order valence-electron chi connectivity index (χ4n) is 6.70. The van der Waals surface area contributed by atoms with Crippen molar-refractivity contribution in [3.05, 3.63) is 77.5 Å². The molecule has 4 heterocycles. The summed E-state index contributed by atoms with van der Waals surface area (Å²) in [7, 11) is 0. The van der Waals surface area contributed by atoms with Gasteiger partial charge in [0.05, 0.1) is 0 Å². The number of aliphatic hydroxyl groups is 1. The maximum Gasteiger partial charge on any atom is 0.247 e. The molecule has 6 rings (SSSR count). The standard InChI is InChI=1S/C32H38N4O3/c1-6-31(4,5)27-21(20-11-7-8-13-23(20)33-27)16-24-29(38)36-25(28(37)34-24)17-32(39)22-12-9-10-19(15-14-18(2)3)26(22)35-30(32)36/h6-13,18,24-25,30,33,35,39H,1,14-17H2,2-5H3,(H,34,37). The lowest BCUT2D eigenvalue weighted by molar-refractivity contribution is -0.149. The summed E-state index contributed by atoms with van der Waals surface area (Å²) in [4.78, 5) is 32.7. The molecule has 0 bridgehead atoms. The average Bonchev–Trinajstić information content (AvgIpc) is 3.52. The molecular formula is C32H38N4O3. The Bertz CT molecular complexity index is 1490. The predicted octanol–water partition coefficient (Wildman–Crippen LogP) is 4.50. The SMILES string of the molecule is C=CC(C)(C)c1[nH]c2ccccc2c1CC1NC(=O)C2CC3(O)c4cccc(CCC(C)C)c4NC3N2C1=O. The minimum absolute atomic E-state index is 0.169. The van der Waals surface area contributed by atoms with Crippen LogP contribution in [0, 0.1) is 5.92 Å². The maximum atomic E-state index is 14.1. The molecule has 2 aromatic carbocycles. The van der Waals surface area contributed by atoms with E-state index in [1.165, 1.54) is 0 Å². The molecule has 39 heavy (non-hydrogen) atoms. The van der Waals surface area contributed by atoms with Crippen molar-refractivity contribution in [1.29, 1.82) is 0 Å². The topological polar surface area (TPSA) is 97.5 Å². The van der Waals surface area contributed by atoms with E-state index in [1.807, 2.05) is 42.5 Å². The Hall–Kier alpha value is -3.58. The van der Waals surface area contributed by atoms with Crippen LogP contribution in [0.1, 0.15) is 62.9 Å². The zero-order valence-corrected chi connectivity index (χ0v) is 23.2. The Morgan fingerprint density at radius 3 is 2.67 bits per heavy atom. The van der Waals surface area contributed by atoms with Crippen molar-refractivity contribution in [2.45, 2.75) is 82.6 Å². The third-order valence-corrected chi connectivity index (χ3v) is 9.01. The number of carbonyl (C=O) groups is 2. The molecular weight excluding hydrogens is 488 g/mol. The number of piperazine rings is 1. The number of hydrogen-bond donors (Lipinski definition) is 4. The van der Waals surface area contributed by atoms with Crippen molar-refractivity contribution in [3.63, 3.8) is 0 Å². The molecule has 3 aliphatic heterocycles. The molecule has 204 valence electrons. The summed E-state index contributed by atoms with van der Waals surface area (Å²) in [6.45, 7) is 12.6. The van der Waals surface area contributed by atoms with Gasteiger partial charge in [-0.1, -0.05) is 70.2 Å². The zero-order chi connectivity index (χ0) is 27.7. The molecule has 7 heteroatoms. The van der Waals surface area contributed by atoms with Gasteiger partial charge in [0.15, 0.2) is 0 Å². The lowest BCUT2D eigenvalue weighted by Gasteiger charge is -2.38. The van der Waals surface area contributed by atoms with Crippen molar-refractivity contribution >= 4 is 28.4 Å². The van der Waals surface area contributed by atoms with E-state index < -0.39 is 23.9 Å². The van der Waals surface area contributed by atoms with Gasteiger partial charge in [-0.3, -0.25) is 9.59 Å². The van der Waals surface area contributed by atoms with Gasteiger partial charge in [0, 0.05) is 46.1 Å². The van der Waals surface area contributed by atoms with Crippen LogP contribution in [-0.2, 0) is 33.4 Å². The summed E-state index contributed by atoms with van der Waals surface area (Å²) in [5, 5.41) is 19.5. The average molecular weight is 527 g/mol. The molecule has 4 unspecified atom stereocenters. The number of aryl methyl sites for hydroxylation is 1. The highest BCUT2D eigenvalue weighted by Crippen LogP contribution is 2.51. The van der Waals surface area contributed by atoms with E-state index in [0.717, 1.165) is 51.8 Å². The van der Waals surface area contributed by atoms with E-state index >= 15 is 0 Å². The van der Waals surface area contributed by atoms with Crippen molar-refractivity contribution in [3.8, 4) is 0 Å². The third kappa shape index (κ3) is 3.89. The molecule has 2 saturated heterocycles. The molecule has 3 aliphatic rings. The van der Waals surface area contributed by atoms with E-state index in [2.05, 4.69) is 56.0 Å². The molecule has 4 N–H and O–H groups in total. The first-order valence-electron chi connectivity index (χ1n) is 14.0. The van der Waals surface area contributed by atoms with Gasteiger partial charge < -0.3 is 25.6 Å². The number of hydrogen-bond acceptors (Lipinski definition) is 4. The first kappa shape index (κ1) is 25.7. The number of benzene rings is 2. The van der Waals surface area contributed by atoms with E-state index in [9.17, 15) is 14.7 Å². The second-order valence-corrected chi connectivity index (χ2v) is 12.4. The number of rotatable bonds is 7. The third-order valence-electron chi connectivity index (χ3n) is 9.01. The van der Waals surface area contributed by atoms with Crippen LogP contribution in [0.2, 0.25) is 0 Å². The quantitative estimate of drug-likeness (QED) is 0.341. The summed E-state index contributed by atoms with van der Waals surface area (Å²) in [6.07, 6.45) is 3.67. The van der Waals surface area contributed by atoms with Gasteiger partial charge in [0.1, 0.15) is 23.9 Å². The van der Waals surface area contributed by atoms with Crippen molar-refractivity contribution in [1.82, 2.24) is 15.2 Å². The van der Waals surface area contributed by atoms with Crippen LogP contribution < -0.4 is 10.6 Å². The number of H-pyrrole nitrogens is 1. The van der Waals surface area contributed by atoms with Crippen molar-refractivity contribution in [2.24, 2.45) is 5.92 Å². The fourth-order valence-corrected chi connectivity index (χ4v) is 6.70. The first-order chi connectivity index (χ1) is 18.5. The summed E-state index contributed by atoms with van der Waals surface area (Å²) < 4.78 is 0. The number of nitrogens with zero attached hydrogens (tertiary/aromatic N) is 1. The fraction of sp³-hybridized carbons (Fsp3) is 0.438. The Balaban J connectivity index is 1.34. The smallest absolute Gasteiger partial charge is 0.247 e. The minimum Gasteiger partial charge on any atom is -0.381 e. The van der Waals surface area contributed by atoms with Crippen molar-refractivity contribution < 1.29 is 14.7 Å². The molecule has 7 nitrogen and oxygen atoms in total. The van der Waals surface area contributed by atoms with E-state index in [0.29, 0.717) is 12.3 Å². The van der Waals surface area contributed by atoms with Crippen LogP contribution in [-0.4, -0.2) is 45.1 Å². The Morgan fingerprint density at radius 2 is 1.92 bits per heavy atom. The van der Waals surface area contributed by atoms with Gasteiger partial charge in [0.25, 0.3) is 0 Å². The number of carbonyl (C=O) groups excluding carboxylic acids is 2. The Labute approximate surface area is 229 Å². The van der Waals surface area contributed by atoms with Gasteiger partial charge >= 0.3 is 0 Å². The summed E-state index contributed by atoms with van der Waals surface area (Å²) in [5.41, 5.74) is 4.14. The number of aromatic nitrogens is 1. The molecule has 3 aromatic rings. The van der Waals surface area contributed by atoms with Gasteiger partial charge in [-0.15, -0.1) is 6.58 Å². The van der Waals surface area contributed by atoms with E-state index in [4.69, 9.17) is 0 Å². The Kier molecular flexibility index (Phi) is 5.92. The second-order valence-electron chi connectivity index (χ2n) is 12.4. The molecule has 0 saturated carbocycles. The highest BCUT2D eigenvalue weighted by Gasteiger charge is 2.62. The summed E-state index contributed by atoms with van der Waals surface area (Å²) in [5.74, 6) is 0.172. The Morgan fingerprint density at radius 1 is 1.15 bits per heavy atom. The molecule has 2 amide bonds. The lowest BCUT2D eigenvalue weighted by Crippen LogP contribution is -2.64. The number of anilines is 1. The molecule has 4 atom stereocenters. The van der Waals surface area contributed by atoms with Gasteiger partial charge in [-0.2, -0.15) is 0 Å². The highest BCUT2D eigenvalue weighted by molar-refractivity contribution is 5.99. The maximum absolute atomic E-state index is 14.1. The predicted molar refractivity (Wildman–Crippen MR) is 153 cm³/mol. The number of para-hydroxylation sites is 2. The highest BCUT2D eigenvalue weighted by atomic mass is 16.3. The number of nitrogens with one attached hydrogen (secondary N) is 3. The zero-order valence-electron chi connectivity index (χ0n) is 23.2.